The number of methoxy groups -OCH3 is 1. The Bertz CT molecular complexity index is 699. The molecule has 4 nitrogen and oxygen atoms in total. The number of carbonyl (C=O) groups is 1. The number of anilines is 1. The van der Waals surface area contributed by atoms with Crippen molar-refractivity contribution in [3.63, 3.8) is 0 Å². The van der Waals surface area contributed by atoms with E-state index < -0.39 is 9.96 Å². The van der Waals surface area contributed by atoms with Crippen LogP contribution in [0.3, 0.4) is 0 Å². The molecule has 3 unspecified atom stereocenters. The van der Waals surface area contributed by atoms with E-state index >= 15 is 0 Å². The zero-order valence-corrected chi connectivity index (χ0v) is 18.1. The number of allylic oxidation sites excluding steroid dienone is 1. The summed E-state index contributed by atoms with van der Waals surface area (Å²) >= 11 is 29.7. The maximum Gasteiger partial charge on any atom is 0.228 e. The van der Waals surface area contributed by atoms with E-state index in [1.165, 1.54) is 7.11 Å². The van der Waals surface area contributed by atoms with Gasteiger partial charge >= 0.3 is 0 Å². The van der Waals surface area contributed by atoms with Crippen molar-refractivity contribution in [2.45, 2.75) is 23.8 Å². The highest BCUT2D eigenvalue weighted by Crippen LogP contribution is 2.59. The molecule has 0 aromatic heterocycles. The Morgan fingerprint density at radius 3 is 2.42 bits per heavy atom. The normalized spacial score (nSPS) is 22.2. The molecule has 3 atom stereocenters. The number of amides is 1. The van der Waals surface area contributed by atoms with E-state index in [0.29, 0.717) is 11.4 Å². The largest absolute Gasteiger partial charge is 0.495 e. The van der Waals surface area contributed by atoms with Gasteiger partial charge in [-0.2, -0.15) is 0 Å². The van der Waals surface area contributed by atoms with Gasteiger partial charge in [0.1, 0.15) is 16.4 Å². The summed E-state index contributed by atoms with van der Waals surface area (Å²) in [6, 6.07) is 7.13. The molecule has 144 valence electrons. The van der Waals surface area contributed by atoms with Crippen LogP contribution >= 0.6 is 58.0 Å². The van der Waals surface area contributed by atoms with Crippen LogP contribution in [0.2, 0.25) is 0 Å². The van der Waals surface area contributed by atoms with Crippen molar-refractivity contribution in [1.82, 2.24) is 5.32 Å². The maximum absolute atomic E-state index is 12.7. The molecule has 1 aliphatic carbocycles. The fourth-order valence-electron chi connectivity index (χ4n) is 2.98. The number of hydrogen-bond donors (Lipinski definition) is 2. The smallest absolute Gasteiger partial charge is 0.228 e. The number of rotatable bonds is 6. The lowest BCUT2D eigenvalue weighted by molar-refractivity contribution is -0.123. The lowest BCUT2D eigenvalue weighted by atomic mass is 10.1. The quantitative estimate of drug-likeness (QED) is 0.435. The van der Waals surface area contributed by atoms with Gasteiger partial charge in [-0.1, -0.05) is 84.0 Å². The third kappa shape index (κ3) is 5.05. The molecular formula is C17H19Cl5N2O2. The van der Waals surface area contributed by atoms with Crippen molar-refractivity contribution in [2.24, 2.45) is 17.3 Å². The van der Waals surface area contributed by atoms with E-state index in [-0.39, 0.29) is 27.6 Å². The summed E-state index contributed by atoms with van der Waals surface area (Å²) in [5.74, 6) is -0.119. The number of hydrogen-bond acceptors (Lipinski definition) is 3. The van der Waals surface area contributed by atoms with Gasteiger partial charge in [0.2, 0.25) is 9.70 Å². The Hall–Kier alpha value is -0.520. The number of carbonyl (C=O) groups excluding carboxylic acids is 1. The highest BCUT2D eigenvalue weighted by Gasteiger charge is 2.61. The molecule has 1 aromatic carbocycles. The van der Waals surface area contributed by atoms with E-state index in [2.05, 4.69) is 10.6 Å². The first-order chi connectivity index (χ1) is 12.0. The summed E-state index contributed by atoms with van der Waals surface area (Å²) < 4.78 is 3.62. The molecule has 0 radical (unpaired) electrons. The van der Waals surface area contributed by atoms with E-state index in [0.717, 1.165) is 0 Å². The molecule has 1 saturated carbocycles. The lowest BCUT2D eigenvalue weighted by Crippen LogP contribution is -2.50. The zero-order valence-electron chi connectivity index (χ0n) is 14.3. The minimum Gasteiger partial charge on any atom is -0.495 e. The van der Waals surface area contributed by atoms with Crippen molar-refractivity contribution in [3.8, 4) is 5.75 Å². The van der Waals surface area contributed by atoms with Crippen molar-refractivity contribution >= 4 is 69.6 Å². The van der Waals surface area contributed by atoms with Gasteiger partial charge < -0.3 is 15.4 Å². The van der Waals surface area contributed by atoms with Gasteiger partial charge in [0.25, 0.3) is 0 Å². The minimum atomic E-state index is -1.79. The van der Waals surface area contributed by atoms with Gasteiger partial charge in [0, 0.05) is 0 Å². The molecule has 1 aromatic rings. The third-order valence-corrected chi connectivity index (χ3v) is 5.43. The number of alkyl halides is 3. The lowest BCUT2D eigenvalue weighted by Gasteiger charge is -2.28. The molecule has 1 aliphatic rings. The van der Waals surface area contributed by atoms with Crippen molar-refractivity contribution < 1.29 is 9.53 Å². The van der Waals surface area contributed by atoms with Crippen LogP contribution in [0, 0.1) is 17.3 Å². The van der Waals surface area contributed by atoms with Crippen molar-refractivity contribution in [2.75, 3.05) is 12.4 Å². The summed E-state index contributed by atoms with van der Waals surface area (Å²) in [5, 5.41) is 5.78. The molecule has 9 heteroatoms. The molecule has 0 bridgehead atoms. The first kappa shape index (κ1) is 21.8. The van der Waals surface area contributed by atoms with Crippen LogP contribution in [0.15, 0.2) is 34.8 Å². The van der Waals surface area contributed by atoms with Gasteiger partial charge in [0.15, 0.2) is 0 Å². The Kier molecular flexibility index (Phi) is 6.90. The molecule has 0 aliphatic heterocycles. The number of nitrogens with one attached hydrogen (secondary N) is 2. The first-order valence-corrected chi connectivity index (χ1v) is 9.67. The minimum absolute atomic E-state index is 0.0882. The molecule has 2 N–H and O–H groups in total. The highest BCUT2D eigenvalue weighted by molar-refractivity contribution is 6.68. The van der Waals surface area contributed by atoms with Crippen LogP contribution in [0.1, 0.15) is 13.8 Å². The van der Waals surface area contributed by atoms with Gasteiger partial charge in [-0.05, 0) is 29.5 Å². The molecular weight excluding hydrogens is 441 g/mol. The van der Waals surface area contributed by atoms with E-state index in [1.54, 1.807) is 24.3 Å². The maximum atomic E-state index is 12.7. The summed E-state index contributed by atoms with van der Waals surface area (Å²) in [5.41, 5.74) is 0.295. The second-order valence-corrected chi connectivity index (χ2v) is 9.99. The van der Waals surface area contributed by atoms with Gasteiger partial charge in [0.05, 0.1) is 18.7 Å². The average molecular weight is 461 g/mol. The van der Waals surface area contributed by atoms with E-state index in [1.807, 2.05) is 19.9 Å². The van der Waals surface area contributed by atoms with Gasteiger partial charge in [-0.15, -0.1) is 0 Å². The van der Waals surface area contributed by atoms with Crippen LogP contribution in [-0.4, -0.2) is 23.0 Å². The highest BCUT2D eigenvalue weighted by atomic mass is 35.6. The molecule has 0 spiro atoms. The Labute approximate surface area is 178 Å². The fraction of sp³-hybridized carbons (Fsp3) is 0.471. The van der Waals surface area contributed by atoms with Crippen LogP contribution in [0.25, 0.3) is 0 Å². The Morgan fingerprint density at radius 2 is 1.88 bits per heavy atom. The third-order valence-electron chi connectivity index (χ3n) is 4.52. The predicted octanol–water partition coefficient (Wildman–Crippen LogP) is 5.51. The number of halogens is 5. The van der Waals surface area contributed by atoms with Gasteiger partial charge in [-0.3, -0.25) is 4.79 Å². The summed E-state index contributed by atoms with van der Waals surface area (Å²) in [6.07, 6.45) is 0.689. The summed E-state index contributed by atoms with van der Waals surface area (Å²) in [4.78, 5) is 12.7. The standard InChI is InChI=1S/C17H19Cl5N2O2/c1-16(2)9(8-12(18)19)13(16)14(25)24-15(17(20,21)22)23-10-6-4-5-7-11(10)26-3/h4-9,13,15,23H,1-3H3,(H,24,25). The van der Waals surface area contributed by atoms with Crippen molar-refractivity contribution in [3.05, 3.63) is 34.8 Å². The monoisotopic (exact) mass is 458 g/mol. The predicted molar refractivity (Wildman–Crippen MR) is 109 cm³/mol. The molecule has 0 heterocycles. The molecule has 0 saturated heterocycles. The summed E-state index contributed by atoms with van der Waals surface area (Å²) in [7, 11) is 1.53. The topological polar surface area (TPSA) is 50.4 Å². The zero-order chi connectivity index (χ0) is 19.7. The van der Waals surface area contributed by atoms with Crippen LogP contribution in [0.5, 0.6) is 5.75 Å². The summed E-state index contributed by atoms with van der Waals surface area (Å²) in [6.45, 7) is 3.90. The molecule has 26 heavy (non-hydrogen) atoms. The Balaban J connectivity index is 2.17. The number of ether oxygens (including phenoxy) is 1. The van der Waals surface area contributed by atoms with Crippen LogP contribution in [0.4, 0.5) is 5.69 Å². The van der Waals surface area contributed by atoms with E-state index in [4.69, 9.17) is 62.7 Å². The first-order valence-electron chi connectivity index (χ1n) is 7.78. The second kappa shape index (κ2) is 8.24. The SMILES string of the molecule is COc1ccccc1NC(NC(=O)C1C(C=C(Cl)Cl)C1(C)C)C(Cl)(Cl)Cl. The second-order valence-electron chi connectivity index (χ2n) is 6.61. The van der Waals surface area contributed by atoms with Gasteiger partial charge in [-0.25, -0.2) is 0 Å². The van der Waals surface area contributed by atoms with Crippen molar-refractivity contribution in [1.29, 1.82) is 0 Å². The van der Waals surface area contributed by atoms with Crippen LogP contribution in [-0.2, 0) is 4.79 Å². The molecule has 1 fully saturated rings. The Morgan fingerprint density at radius 1 is 1.27 bits per heavy atom. The average Bonchev–Trinajstić information content (AvgIpc) is 3.05. The fourth-order valence-corrected chi connectivity index (χ4v) is 3.58. The number of benzene rings is 1. The van der Waals surface area contributed by atoms with Crippen LogP contribution < -0.4 is 15.4 Å². The molecule has 2 rings (SSSR count). The molecule has 1 amide bonds. The van der Waals surface area contributed by atoms with E-state index in [9.17, 15) is 4.79 Å². The number of para-hydroxylation sites is 2.